The van der Waals surface area contributed by atoms with Crippen molar-refractivity contribution in [2.24, 2.45) is 0 Å². The molecule has 4 rings (SSSR count). The highest BCUT2D eigenvalue weighted by atomic mass is 19.4. The lowest BCUT2D eigenvalue weighted by Crippen LogP contribution is -2.48. The predicted octanol–water partition coefficient (Wildman–Crippen LogP) is 4.53. The summed E-state index contributed by atoms with van der Waals surface area (Å²) in [4.78, 5) is 16.2. The van der Waals surface area contributed by atoms with Gasteiger partial charge < -0.3 is 4.90 Å². The number of benzene rings is 1. The first-order valence-corrected chi connectivity index (χ1v) is 10.8. The Hall–Kier alpha value is -2.56. The quantitative estimate of drug-likeness (QED) is 0.578. The number of amides is 1. The molecule has 1 aromatic carbocycles. The van der Waals surface area contributed by atoms with Crippen molar-refractivity contribution < 1.29 is 31.1 Å². The van der Waals surface area contributed by atoms with Crippen molar-refractivity contribution in [3.63, 3.8) is 0 Å². The monoisotopic (exact) mass is 474 g/mol. The normalized spacial score (nSPS) is 18.1. The van der Waals surface area contributed by atoms with Gasteiger partial charge in [-0.3, -0.25) is 14.4 Å². The molecule has 180 valence electrons. The Balaban J connectivity index is 1.29. The zero-order chi connectivity index (χ0) is 23.8. The van der Waals surface area contributed by atoms with Gasteiger partial charge in [0, 0.05) is 57.3 Å². The number of carbonyl (C=O) groups is 1. The van der Waals surface area contributed by atoms with Gasteiger partial charge in [-0.15, -0.1) is 0 Å². The molecular weight excluding hydrogens is 450 g/mol. The molecule has 1 aliphatic carbocycles. The van der Waals surface area contributed by atoms with Crippen LogP contribution in [0.5, 0.6) is 0 Å². The standard InChI is InChI=1S/C22H24F6N4O/c23-21(24,25)17-3-1-2-15(12-17)14-30-8-10-31(11-9-30)20(33)6-7-32-18(16-4-5-16)13-19(29-32)22(26,27)28/h1-3,12-13,16H,4-11,14H2. The molecule has 0 N–H and O–H groups in total. The Labute approximate surface area is 187 Å². The van der Waals surface area contributed by atoms with Crippen molar-refractivity contribution in [1.82, 2.24) is 19.6 Å². The number of hydrogen-bond acceptors (Lipinski definition) is 3. The number of hydrogen-bond donors (Lipinski definition) is 0. The van der Waals surface area contributed by atoms with Gasteiger partial charge in [-0.2, -0.15) is 31.4 Å². The molecule has 1 aromatic heterocycles. The second-order valence-corrected chi connectivity index (χ2v) is 8.55. The average molecular weight is 474 g/mol. The highest BCUT2D eigenvalue weighted by Crippen LogP contribution is 2.42. The number of halogens is 6. The Kier molecular flexibility index (Phi) is 6.43. The van der Waals surface area contributed by atoms with Crippen LogP contribution in [0.4, 0.5) is 26.3 Å². The fourth-order valence-electron chi connectivity index (χ4n) is 4.08. The van der Waals surface area contributed by atoms with E-state index in [0.717, 1.165) is 31.0 Å². The summed E-state index contributed by atoms with van der Waals surface area (Å²) < 4.78 is 79.0. The largest absolute Gasteiger partial charge is 0.435 e. The molecule has 33 heavy (non-hydrogen) atoms. The zero-order valence-electron chi connectivity index (χ0n) is 17.8. The van der Waals surface area contributed by atoms with E-state index in [4.69, 9.17) is 0 Å². The lowest BCUT2D eigenvalue weighted by Gasteiger charge is -2.35. The second kappa shape index (κ2) is 9.00. The van der Waals surface area contributed by atoms with Crippen LogP contribution in [0, 0.1) is 0 Å². The SMILES string of the molecule is O=C(CCn1nc(C(F)(F)F)cc1C1CC1)N1CCN(Cc2cccc(C(F)(F)F)c2)CC1. The predicted molar refractivity (Wildman–Crippen MR) is 107 cm³/mol. The Morgan fingerprint density at radius 1 is 0.970 bits per heavy atom. The van der Waals surface area contributed by atoms with E-state index < -0.39 is 23.6 Å². The van der Waals surface area contributed by atoms with Gasteiger partial charge in [0.05, 0.1) is 5.56 Å². The van der Waals surface area contributed by atoms with Crippen molar-refractivity contribution in [2.75, 3.05) is 26.2 Å². The van der Waals surface area contributed by atoms with E-state index in [1.54, 1.807) is 11.0 Å². The number of piperazine rings is 1. The van der Waals surface area contributed by atoms with Crippen LogP contribution < -0.4 is 0 Å². The van der Waals surface area contributed by atoms with Crippen LogP contribution in [0.25, 0.3) is 0 Å². The molecule has 11 heteroatoms. The van der Waals surface area contributed by atoms with Crippen molar-refractivity contribution in [3.8, 4) is 0 Å². The topological polar surface area (TPSA) is 41.4 Å². The van der Waals surface area contributed by atoms with Crippen LogP contribution in [0.1, 0.15) is 47.7 Å². The van der Waals surface area contributed by atoms with Crippen molar-refractivity contribution in [3.05, 3.63) is 52.8 Å². The first-order valence-electron chi connectivity index (χ1n) is 10.8. The Morgan fingerprint density at radius 2 is 1.67 bits per heavy atom. The maximum absolute atomic E-state index is 13.0. The van der Waals surface area contributed by atoms with Gasteiger partial charge in [0.25, 0.3) is 0 Å². The Bertz CT molecular complexity index is 988. The van der Waals surface area contributed by atoms with Crippen LogP contribution in [0.15, 0.2) is 30.3 Å². The average Bonchev–Trinajstić information content (AvgIpc) is 3.50. The van der Waals surface area contributed by atoms with Crippen LogP contribution in [0.3, 0.4) is 0 Å². The van der Waals surface area contributed by atoms with Gasteiger partial charge >= 0.3 is 12.4 Å². The number of aromatic nitrogens is 2. The number of aryl methyl sites for hydroxylation is 1. The smallest absolute Gasteiger partial charge is 0.340 e. The lowest BCUT2D eigenvalue weighted by molar-refractivity contribution is -0.141. The second-order valence-electron chi connectivity index (χ2n) is 8.55. The van der Waals surface area contributed by atoms with E-state index in [0.29, 0.717) is 44.0 Å². The third kappa shape index (κ3) is 5.87. The van der Waals surface area contributed by atoms with E-state index in [1.165, 1.54) is 10.7 Å². The molecule has 2 aliphatic rings. The summed E-state index contributed by atoms with van der Waals surface area (Å²) in [5.74, 6) is -0.0948. The summed E-state index contributed by atoms with van der Waals surface area (Å²) in [7, 11) is 0. The molecule has 0 spiro atoms. The van der Waals surface area contributed by atoms with Crippen molar-refractivity contribution >= 4 is 5.91 Å². The molecule has 1 saturated heterocycles. The lowest BCUT2D eigenvalue weighted by atomic mass is 10.1. The van der Waals surface area contributed by atoms with Gasteiger partial charge in [-0.25, -0.2) is 0 Å². The number of alkyl halides is 6. The molecule has 1 saturated carbocycles. The third-order valence-electron chi connectivity index (χ3n) is 6.02. The Morgan fingerprint density at radius 3 is 2.27 bits per heavy atom. The highest BCUT2D eigenvalue weighted by molar-refractivity contribution is 5.76. The molecule has 0 radical (unpaired) electrons. The fraction of sp³-hybridized carbons (Fsp3) is 0.545. The molecule has 0 atom stereocenters. The summed E-state index contributed by atoms with van der Waals surface area (Å²) in [6, 6.07) is 6.27. The molecular formula is C22H24F6N4O. The zero-order valence-corrected chi connectivity index (χ0v) is 17.8. The number of nitrogens with zero attached hydrogens (tertiary/aromatic N) is 4. The molecule has 2 aromatic rings. The highest BCUT2D eigenvalue weighted by Gasteiger charge is 2.38. The minimum atomic E-state index is -4.52. The minimum Gasteiger partial charge on any atom is -0.340 e. The molecule has 2 heterocycles. The van der Waals surface area contributed by atoms with Crippen LogP contribution in [0.2, 0.25) is 0 Å². The molecule has 0 unspecified atom stereocenters. The first-order chi connectivity index (χ1) is 15.5. The maximum atomic E-state index is 13.0. The fourth-order valence-corrected chi connectivity index (χ4v) is 4.08. The number of rotatable bonds is 6. The van der Waals surface area contributed by atoms with Gasteiger partial charge in [-0.1, -0.05) is 18.2 Å². The maximum Gasteiger partial charge on any atom is 0.435 e. The van der Waals surface area contributed by atoms with Crippen molar-refractivity contribution in [1.29, 1.82) is 0 Å². The van der Waals surface area contributed by atoms with Crippen LogP contribution >= 0.6 is 0 Å². The molecule has 1 amide bonds. The van der Waals surface area contributed by atoms with Gasteiger partial charge in [0.2, 0.25) is 5.91 Å². The molecule has 0 bridgehead atoms. The van der Waals surface area contributed by atoms with E-state index in [-0.39, 0.29) is 24.8 Å². The van der Waals surface area contributed by atoms with Gasteiger partial charge in [0.1, 0.15) is 0 Å². The summed E-state index contributed by atoms with van der Waals surface area (Å²) in [6.45, 7) is 2.29. The number of carbonyl (C=O) groups excluding carboxylic acids is 1. The van der Waals surface area contributed by atoms with Gasteiger partial charge in [0.15, 0.2) is 5.69 Å². The summed E-state index contributed by atoms with van der Waals surface area (Å²) in [5.41, 5.74) is -0.538. The van der Waals surface area contributed by atoms with Crippen LogP contribution in [-0.2, 0) is 30.2 Å². The summed E-state index contributed by atoms with van der Waals surface area (Å²) in [6.07, 6.45) is -7.22. The molecule has 1 aliphatic heterocycles. The third-order valence-corrected chi connectivity index (χ3v) is 6.02. The molecule has 5 nitrogen and oxygen atoms in total. The summed E-state index contributed by atoms with van der Waals surface area (Å²) >= 11 is 0. The summed E-state index contributed by atoms with van der Waals surface area (Å²) in [5, 5.41) is 3.68. The van der Waals surface area contributed by atoms with E-state index in [9.17, 15) is 31.1 Å². The van der Waals surface area contributed by atoms with Gasteiger partial charge in [-0.05, 0) is 30.5 Å². The van der Waals surface area contributed by atoms with E-state index in [1.807, 2.05) is 4.90 Å². The van der Waals surface area contributed by atoms with Crippen LogP contribution in [-0.4, -0.2) is 51.7 Å². The van der Waals surface area contributed by atoms with E-state index >= 15 is 0 Å². The minimum absolute atomic E-state index is 0.0479. The first kappa shape index (κ1) is 23.6. The molecule has 2 fully saturated rings. The van der Waals surface area contributed by atoms with E-state index in [2.05, 4.69) is 5.10 Å². The van der Waals surface area contributed by atoms with Crippen molar-refractivity contribution in [2.45, 2.75) is 50.6 Å².